The van der Waals surface area contributed by atoms with Crippen LogP contribution in [0.1, 0.15) is 10.7 Å². The van der Waals surface area contributed by atoms with Gasteiger partial charge in [-0.25, -0.2) is 13.8 Å². The van der Waals surface area contributed by atoms with Crippen LogP contribution >= 0.6 is 11.3 Å². The molecule has 0 amide bonds. The van der Waals surface area contributed by atoms with Gasteiger partial charge in [-0.05, 0) is 7.05 Å². The molecule has 1 N–H and O–H groups in total. The summed E-state index contributed by atoms with van der Waals surface area (Å²) < 4.78 is 53.1. The Morgan fingerprint density at radius 2 is 2.24 bits per heavy atom. The van der Waals surface area contributed by atoms with Gasteiger partial charge in [0.1, 0.15) is 11.6 Å². The van der Waals surface area contributed by atoms with Crippen LogP contribution in [0.2, 0.25) is 0 Å². The summed E-state index contributed by atoms with van der Waals surface area (Å²) >= 11 is 1.35. The topological polar surface area (TPSA) is 34.2 Å². The molecule has 0 aliphatic rings. The molecule has 0 radical (unpaired) electrons. The van der Waals surface area contributed by atoms with Crippen molar-refractivity contribution in [3.05, 3.63) is 16.1 Å². The zero-order valence-electron chi connectivity index (χ0n) is 9.05. The van der Waals surface area contributed by atoms with Crippen molar-refractivity contribution in [2.24, 2.45) is 0 Å². The summed E-state index contributed by atoms with van der Waals surface area (Å²) in [5, 5.41) is 5.31. The van der Waals surface area contributed by atoms with Crippen molar-refractivity contribution in [2.75, 3.05) is 13.7 Å². The molecule has 0 unspecified atom stereocenters. The van der Waals surface area contributed by atoms with Gasteiger partial charge in [-0.2, -0.15) is 8.78 Å². The number of hydrogen-bond acceptors (Lipinski definition) is 4. The zero-order valence-corrected chi connectivity index (χ0v) is 9.87. The van der Waals surface area contributed by atoms with Crippen LogP contribution in [-0.4, -0.2) is 31.0 Å². The third-order valence-electron chi connectivity index (χ3n) is 1.79. The molecule has 0 atom stereocenters. The van der Waals surface area contributed by atoms with Gasteiger partial charge in [0, 0.05) is 11.9 Å². The van der Waals surface area contributed by atoms with Crippen molar-refractivity contribution in [2.45, 2.75) is 25.5 Å². The van der Waals surface area contributed by atoms with E-state index in [0.29, 0.717) is 12.2 Å². The molecular weight excluding hydrogens is 260 g/mol. The summed E-state index contributed by atoms with van der Waals surface area (Å²) in [5.74, 6) is -4.11. The number of halogens is 4. The molecular formula is C9H12F4N2OS. The lowest BCUT2D eigenvalue weighted by atomic mass is 10.4. The van der Waals surface area contributed by atoms with Crippen LogP contribution < -0.4 is 5.32 Å². The Morgan fingerprint density at radius 3 is 2.82 bits per heavy atom. The van der Waals surface area contributed by atoms with Crippen molar-refractivity contribution in [1.82, 2.24) is 10.3 Å². The molecule has 3 nitrogen and oxygen atoms in total. The van der Waals surface area contributed by atoms with E-state index in [9.17, 15) is 17.6 Å². The summed E-state index contributed by atoms with van der Waals surface area (Å²) in [5.41, 5.74) is 0.463. The Balaban J connectivity index is 2.35. The predicted molar refractivity (Wildman–Crippen MR) is 55.5 cm³/mol. The minimum absolute atomic E-state index is 0.192. The van der Waals surface area contributed by atoms with E-state index in [1.54, 1.807) is 12.4 Å². The van der Waals surface area contributed by atoms with Gasteiger partial charge in [-0.3, -0.25) is 0 Å². The van der Waals surface area contributed by atoms with E-state index in [0.717, 1.165) is 5.01 Å². The molecule has 0 bridgehead atoms. The molecule has 0 spiro atoms. The highest BCUT2D eigenvalue weighted by atomic mass is 32.1. The first-order valence-corrected chi connectivity index (χ1v) is 5.65. The van der Waals surface area contributed by atoms with E-state index in [2.05, 4.69) is 15.0 Å². The molecule has 1 aromatic rings. The minimum atomic E-state index is -4.11. The standard InChI is InChI=1S/C9H12F4N2OS/c1-14-2-7-15-6(4-17-7)3-16-5-9(12,13)8(10)11/h4,8,14H,2-3,5H2,1H3. The SMILES string of the molecule is CNCc1nc(COCC(F)(F)C(F)F)cs1. The lowest BCUT2D eigenvalue weighted by Crippen LogP contribution is -2.32. The van der Waals surface area contributed by atoms with E-state index < -0.39 is 19.0 Å². The third kappa shape index (κ3) is 4.57. The summed E-state index contributed by atoms with van der Waals surface area (Å²) in [6, 6.07) is 0. The number of alkyl halides is 4. The monoisotopic (exact) mass is 272 g/mol. The second-order valence-corrected chi connectivity index (χ2v) is 4.26. The number of ether oxygens (including phenoxy) is 1. The van der Waals surface area contributed by atoms with Gasteiger partial charge in [-0.1, -0.05) is 0 Å². The number of aromatic nitrogens is 1. The van der Waals surface area contributed by atoms with Gasteiger partial charge in [0.25, 0.3) is 0 Å². The van der Waals surface area contributed by atoms with Crippen molar-refractivity contribution >= 4 is 11.3 Å². The lowest BCUT2D eigenvalue weighted by molar-refractivity contribution is -0.168. The van der Waals surface area contributed by atoms with Gasteiger partial charge in [0.05, 0.1) is 12.3 Å². The van der Waals surface area contributed by atoms with Gasteiger partial charge in [-0.15, -0.1) is 11.3 Å². The number of nitrogens with one attached hydrogen (secondary N) is 1. The Morgan fingerprint density at radius 1 is 1.53 bits per heavy atom. The van der Waals surface area contributed by atoms with Crippen molar-refractivity contribution in [3.8, 4) is 0 Å². The summed E-state index contributed by atoms with van der Waals surface area (Å²) in [6.45, 7) is -0.927. The number of rotatable bonds is 7. The smallest absolute Gasteiger partial charge is 0.330 e. The third-order valence-corrected chi connectivity index (χ3v) is 2.69. The Bertz CT molecular complexity index is 345. The fraction of sp³-hybridized carbons (Fsp3) is 0.667. The summed E-state index contributed by atoms with van der Waals surface area (Å²) in [6.07, 6.45) is -3.71. The first-order chi connectivity index (χ1) is 7.95. The molecule has 0 aromatic carbocycles. The van der Waals surface area contributed by atoms with Crippen molar-refractivity contribution in [1.29, 1.82) is 0 Å². The largest absolute Gasteiger partial charge is 0.369 e. The quantitative estimate of drug-likeness (QED) is 0.773. The maximum Gasteiger partial charge on any atom is 0.330 e. The average Bonchev–Trinajstić information content (AvgIpc) is 2.66. The van der Waals surface area contributed by atoms with Crippen molar-refractivity contribution < 1.29 is 22.3 Å². The maximum atomic E-state index is 12.5. The van der Waals surface area contributed by atoms with Crippen LogP contribution in [0.15, 0.2) is 5.38 Å². The molecule has 17 heavy (non-hydrogen) atoms. The van der Waals surface area contributed by atoms with Gasteiger partial charge < -0.3 is 10.1 Å². The van der Waals surface area contributed by atoms with Gasteiger partial charge >= 0.3 is 12.3 Å². The van der Waals surface area contributed by atoms with Gasteiger partial charge in [0.2, 0.25) is 0 Å². The highest BCUT2D eigenvalue weighted by molar-refractivity contribution is 7.09. The van der Waals surface area contributed by atoms with Crippen LogP contribution in [0.4, 0.5) is 17.6 Å². The molecule has 1 heterocycles. The zero-order chi connectivity index (χ0) is 12.9. The highest BCUT2D eigenvalue weighted by Crippen LogP contribution is 2.23. The van der Waals surface area contributed by atoms with Crippen LogP contribution in [0, 0.1) is 0 Å². The highest BCUT2D eigenvalue weighted by Gasteiger charge is 2.40. The molecule has 0 saturated carbocycles. The fourth-order valence-electron chi connectivity index (χ4n) is 1.00. The first-order valence-electron chi connectivity index (χ1n) is 4.77. The number of thiazole rings is 1. The van der Waals surface area contributed by atoms with E-state index in [1.807, 2.05) is 0 Å². The summed E-state index contributed by atoms with van der Waals surface area (Å²) in [7, 11) is 1.75. The average molecular weight is 272 g/mol. The number of hydrogen-bond donors (Lipinski definition) is 1. The van der Waals surface area contributed by atoms with E-state index in [1.165, 1.54) is 11.3 Å². The first kappa shape index (κ1) is 14.3. The molecule has 0 saturated heterocycles. The second-order valence-electron chi connectivity index (χ2n) is 3.32. The molecule has 1 rings (SSSR count). The fourth-order valence-corrected chi connectivity index (χ4v) is 1.79. The van der Waals surface area contributed by atoms with Gasteiger partial charge in [0.15, 0.2) is 0 Å². The normalized spacial score (nSPS) is 12.4. The van der Waals surface area contributed by atoms with Crippen LogP contribution in [0.25, 0.3) is 0 Å². The molecule has 8 heteroatoms. The molecule has 0 fully saturated rings. The van der Waals surface area contributed by atoms with E-state index in [-0.39, 0.29) is 6.61 Å². The van der Waals surface area contributed by atoms with Crippen LogP contribution in [0.3, 0.4) is 0 Å². The molecule has 0 aliphatic carbocycles. The molecule has 98 valence electrons. The minimum Gasteiger partial charge on any atom is -0.369 e. The Hall–Kier alpha value is -0.730. The maximum absolute atomic E-state index is 12.5. The Labute approximate surface area is 99.8 Å². The molecule has 1 aromatic heterocycles. The van der Waals surface area contributed by atoms with E-state index >= 15 is 0 Å². The molecule has 0 aliphatic heterocycles. The van der Waals surface area contributed by atoms with Crippen LogP contribution in [-0.2, 0) is 17.9 Å². The summed E-state index contributed by atoms with van der Waals surface area (Å²) in [4.78, 5) is 4.06. The lowest BCUT2D eigenvalue weighted by Gasteiger charge is -2.14. The number of nitrogens with zero attached hydrogens (tertiary/aromatic N) is 1. The Kier molecular flexibility index (Phi) is 5.29. The van der Waals surface area contributed by atoms with Crippen LogP contribution in [0.5, 0.6) is 0 Å². The van der Waals surface area contributed by atoms with E-state index in [4.69, 9.17) is 0 Å². The second kappa shape index (κ2) is 6.27. The van der Waals surface area contributed by atoms with Crippen molar-refractivity contribution in [3.63, 3.8) is 0 Å². The predicted octanol–water partition coefficient (Wildman–Crippen LogP) is 2.28.